The summed E-state index contributed by atoms with van der Waals surface area (Å²) >= 11 is 0. The molecule has 2 aromatic rings. The number of methoxy groups -OCH3 is 2. The van der Waals surface area contributed by atoms with Crippen molar-refractivity contribution < 1.29 is 19.0 Å². The third-order valence-electron chi connectivity index (χ3n) is 5.23. The Hall–Kier alpha value is -2.19. The van der Waals surface area contributed by atoms with Gasteiger partial charge in [0.05, 0.1) is 6.04 Å². The second-order valence-electron chi connectivity index (χ2n) is 8.08. The minimum atomic E-state index is -2.82. The first-order valence-electron chi connectivity index (χ1n) is 9.84. The zero-order valence-electron chi connectivity index (χ0n) is 18.2. The second-order valence-corrected chi connectivity index (χ2v) is 12.4. The van der Waals surface area contributed by atoms with E-state index < -0.39 is 26.8 Å². The van der Waals surface area contributed by atoms with E-state index in [0.29, 0.717) is 0 Å². The first-order chi connectivity index (χ1) is 14.3. The molecular weight excluding hydrogens is 398 g/mol. The van der Waals surface area contributed by atoms with E-state index in [2.05, 4.69) is 55.1 Å². The predicted molar refractivity (Wildman–Crippen MR) is 120 cm³/mol. The van der Waals surface area contributed by atoms with Crippen LogP contribution in [0.25, 0.3) is 10.4 Å². The highest BCUT2D eigenvalue weighted by atomic mass is 28.4. The summed E-state index contributed by atoms with van der Waals surface area (Å²) in [5.41, 5.74) is 9.06. The number of azide groups is 1. The maximum absolute atomic E-state index is 10.7. The summed E-state index contributed by atoms with van der Waals surface area (Å²) in [6.07, 6.45) is -2.10. The van der Waals surface area contributed by atoms with Gasteiger partial charge < -0.3 is 19.0 Å². The van der Waals surface area contributed by atoms with Gasteiger partial charge in [-0.05, 0) is 20.9 Å². The van der Waals surface area contributed by atoms with E-state index in [4.69, 9.17) is 19.4 Å². The molecule has 0 heterocycles. The molecule has 0 fully saturated rings. The molecule has 7 nitrogen and oxygen atoms in total. The lowest BCUT2D eigenvalue weighted by Gasteiger charge is -2.43. The molecule has 0 amide bonds. The van der Waals surface area contributed by atoms with Crippen LogP contribution in [0.4, 0.5) is 0 Å². The van der Waals surface area contributed by atoms with E-state index >= 15 is 0 Å². The van der Waals surface area contributed by atoms with Crippen LogP contribution >= 0.6 is 0 Å². The minimum Gasteiger partial charge on any atom is -0.407 e. The van der Waals surface area contributed by atoms with Gasteiger partial charge in [-0.1, -0.05) is 86.5 Å². The molecule has 0 bridgehead atoms. The number of hydrogen-bond acceptors (Lipinski definition) is 5. The van der Waals surface area contributed by atoms with Gasteiger partial charge in [-0.15, -0.1) is 0 Å². The number of hydrogen-bond donors (Lipinski definition) is 1. The van der Waals surface area contributed by atoms with Crippen LogP contribution in [-0.4, -0.2) is 52.7 Å². The molecule has 0 aliphatic rings. The molecule has 2 atom stereocenters. The highest BCUT2D eigenvalue weighted by molar-refractivity contribution is 6.99. The third kappa shape index (κ3) is 5.10. The van der Waals surface area contributed by atoms with Gasteiger partial charge in [-0.3, -0.25) is 0 Å². The SMILES string of the molecule is COC(OC)[C@H](O)[C@@H](CO[Si](c1ccccc1)(c1ccccc1)C(C)(C)C)N=[N+]=[N-]. The molecule has 0 spiro atoms. The fourth-order valence-corrected chi connectivity index (χ4v) is 8.37. The second kappa shape index (κ2) is 10.7. The highest BCUT2D eigenvalue weighted by Gasteiger charge is 2.50. The molecule has 0 aliphatic heterocycles. The summed E-state index contributed by atoms with van der Waals surface area (Å²) in [5.74, 6) is 0. The van der Waals surface area contributed by atoms with E-state index in [9.17, 15) is 5.11 Å². The zero-order chi connectivity index (χ0) is 22.2. The van der Waals surface area contributed by atoms with E-state index in [1.807, 2.05) is 36.4 Å². The van der Waals surface area contributed by atoms with Crippen LogP contribution in [0.2, 0.25) is 5.04 Å². The third-order valence-corrected chi connectivity index (χ3v) is 10.2. The summed E-state index contributed by atoms with van der Waals surface area (Å²) in [4.78, 5) is 2.91. The van der Waals surface area contributed by atoms with Crippen molar-refractivity contribution in [2.45, 2.75) is 44.2 Å². The quantitative estimate of drug-likeness (QED) is 0.206. The fourth-order valence-electron chi connectivity index (χ4n) is 3.79. The molecule has 0 aliphatic carbocycles. The average molecular weight is 430 g/mol. The molecule has 0 aromatic heterocycles. The maximum Gasteiger partial charge on any atom is 0.261 e. The molecular formula is C22H31N3O4Si. The molecule has 0 saturated carbocycles. The Morgan fingerprint density at radius 3 is 1.80 bits per heavy atom. The normalized spacial score (nSPS) is 14.2. The summed E-state index contributed by atoms with van der Waals surface area (Å²) < 4.78 is 17.1. The first kappa shape index (κ1) is 24.1. The Labute approximate surface area is 179 Å². The number of benzene rings is 2. The molecule has 8 heteroatoms. The molecule has 1 N–H and O–H groups in total. The summed E-state index contributed by atoms with van der Waals surface area (Å²) in [6.45, 7) is 6.50. The Morgan fingerprint density at radius 2 is 1.43 bits per heavy atom. The minimum absolute atomic E-state index is 0.0295. The van der Waals surface area contributed by atoms with Crippen molar-refractivity contribution in [2.75, 3.05) is 20.8 Å². The van der Waals surface area contributed by atoms with E-state index in [1.165, 1.54) is 14.2 Å². The Bertz CT molecular complexity index is 780. The van der Waals surface area contributed by atoms with E-state index in [0.717, 1.165) is 10.4 Å². The molecule has 2 rings (SSSR count). The molecule has 0 unspecified atom stereocenters. The van der Waals surface area contributed by atoms with Gasteiger partial charge in [-0.25, -0.2) is 0 Å². The van der Waals surface area contributed by atoms with Gasteiger partial charge >= 0.3 is 0 Å². The fraction of sp³-hybridized carbons (Fsp3) is 0.455. The number of aliphatic hydroxyl groups is 1. The van der Waals surface area contributed by atoms with Crippen molar-refractivity contribution >= 4 is 18.7 Å². The van der Waals surface area contributed by atoms with Gasteiger partial charge in [0.1, 0.15) is 6.10 Å². The van der Waals surface area contributed by atoms with Crippen molar-refractivity contribution in [2.24, 2.45) is 5.11 Å². The van der Waals surface area contributed by atoms with Crippen LogP contribution in [0.3, 0.4) is 0 Å². The smallest absolute Gasteiger partial charge is 0.261 e. The number of ether oxygens (including phenoxy) is 2. The number of aliphatic hydroxyl groups excluding tert-OH is 1. The molecule has 0 saturated heterocycles. The van der Waals surface area contributed by atoms with Crippen LogP contribution in [0, 0.1) is 0 Å². The lowest BCUT2D eigenvalue weighted by atomic mass is 10.2. The average Bonchev–Trinajstić information content (AvgIpc) is 2.74. The standard InChI is InChI=1S/C22H31N3O4Si/c1-22(2,3)30(17-12-8-6-9-13-17,18-14-10-7-11-15-18)29-16-19(24-25-23)20(26)21(27-4)28-5/h6-15,19-21,26H,16H2,1-5H3/t19-,20-/m1/s1. The Kier molecular flexibility index (Phi) is 8.61. The van der Waals surface area contributed by atoms with Gasteiger partial charge in [0, 0.05) is 25.7 Å². The zero-order valence-corrected chi connectivity index (χ0v) is 19.2. The lowest BCUT2D eigenvalue weighted by molar-refractivity contribution is -0.171. The van der Waals surface area contributed by atoms with E-state index in [-0.39, 0.29) is 11.6 Å². The monoisotopic (exact) mass is 429 g/mol. The molecule has 162 valence electrons. The Morgan fingerprint density at radius 1 is 0.967 bits per heavy atom. The van der Waals surface area contributed by atoms with Crippen molar-refractivity contribution in [1.29, 1.82) is 0 Å². The van der Waals surface area contributed by atoms with Crippen LogP contribution in [0.15, 0.2) is 65.8 Å². The number of rotatable bonds is 10. The van der Waals surface area contributed by atoms with Gasteiger partial charge in [0.15, 0.2) is 6.29 Å². The van der Waals surface area contributed by atoms with Crippen LogP contribution in [0.1, 0.15) is 20.8 Å². The van der Waals surface area contributed by atoms with Crippen LogP contribution < -0.4 is 10.4 Å². The highest BCUT2D eigenvalue weighted by Crippen LogP contribution is 2.37. The molecule has 0 radical (unpaired) electrons. The van der Waals surface area contributed by atoms with Crippen LogP contribution in [-0.2, 0) is 13.9 Å². The van der Waals surface area contributed by atoms with E-state index in [1.54, 1.807) is 0 Å². The Balaban J connectivity index is 2.53. The van der Waals surface area contributed by atoms with Crippen molar-refractivity contribution in [3.8, 4) is 0 Å². The summed E-state index contributed by atoms with van der Waals surface area (Å²) in [6, 6.07) is 19.4. The van der Waals surface area contributed by atoms with Gasteiger partial charge in [-0.2, -0.15) is 0 Å². The van der Waals surface area contributed by atoms with Crippen molar-refractivity contribution in [3.63, 3.8) is 0 Å². The molecule has 2 aromatic carbocycles. The van der Waals surface area contributed by atoms with Gasteiger partial charge in [0.2, 0.25) is 0 Å². The van der Waals surface area contributed by atoms with Crippen molar-refractivity contribution in [1.82, 2.24) is 0 Å². The molecule has 30 heavy (non-hydrogen) atoms. The maximum atomic E-state index is 10.7. The van der Waals surface area contributed by atoms with Gasteiger partial charge in [0.25, 0.3) is 8.32 Å². The largest absolute Gasteiger partial charge is 0.407 e. The first-order valence-corrected chi connectivity index (χ1v) is 11.8. The van der Waals surface area contributed by atoms with Crippen molar-refractivity contribution in [3.05, 3.63) is 71.1 Å². The number of nitrogens with zero attached hydrogens (tertiary/aromatic N) is 3. The lowest BCUT2D eigenvalue weighted by Crippen LogP contribution is -2.67. The summed E-state index contributed by atoms with van der Waals surface area (Å²) in [7, 11) is 0.0301. The van der Waals surface area contributed by atoms with Crippen LogP contribution in [0.5, 0.6) is 0 Å². The topological polar surface area (TPSA) is 96.7 Å². The summed E-state index contributed by atoms with van der Waals surface area (Å²) in [5, 5.41) is 16.4. The predicted octanol–water partition coefficient (Wildman–Crippen LogP) is 3.22.